The van der Waals surface area contributed by atoms with Crippen molar-refractivity contribution in [2.24, 2.45) is 0 Å². The van der Waals surface area contributed by atoms with E-state index in [1.54, 1.807) is 34.0 Å². The lowest BCUT2D eigenvalue weighted by atomic mass is 10.2. The average molecular weight is 405 g/mol. The van der Waals surface area contributed by atoms with E-state index in [1.807, 2.05) is 27.8 Å². The van der Waals surface area contributed by atoms with Crippen LogP contribution in [-0.2, 0) is 22.5 Å². The molecule has 3 aromatic heterocycles. The van der Waals surface area contributed by atoms with Gasteiger partial charge in [-0.25, -0.2) is 4.98 Å². The predicted molar refractivity (Wildman–Crippen MR) is 108 cm³/mol. The highest BCUT2D eigenvalue weighted by Gasteiger charge is 2.23. The van der Waals surface area contributed by atoms with Crippen LogP contribution in [0.3, 0.4) is 0 Å². The Morgan fingerprint density at radius 3 is 2.85 bits per heavy atom. The topological polar surface area (TPSA) is 42.4 Å². The minimum Gasteiger partial charge on any atom is -0.376 e. The van der Waals surface area contributed by atoms with E-state index in [9.17, 15) is 4.79 Å². The molecule has 0 saturated carbocycles. The molecular weight excluding hydrogens is 384 g/mol. The van der Waals surface area contributed by atoms with E-state index < -0.39 is 0 Å². The van der Waals surface area contributed by atoms with Crippen molar-refractivity contribution >= 4 is 39.9 Å². The lowest BCUT2D eigenvalue weighted by Crippen LogP contribution is -2.37. The summed E-state index contributed by atoms with van der Waals surface area (Å²) >= 11 is 4.97. The van der Waals surface area contributed by atoms with Crippen LogP contribution in [0.2, 0.25) is 0 Å². The number of nitrogens with zero attached hydrogens (tertiary/aromatic N) is 2. The van der Waals surface area contributed by atoms with E-state index in [0.29, 0.717) is 19.5 Å². The highest BCUT2D eigenvalue weighted by Crippen LogP contribution is 2.28. The first-order chi connectivity index (χ1) is 12.8. The van der Waals surface area contributed by atoms with E-state index in [1.165, 1.54) is 4.88 Å². The van der Waals surface area contributed by atoms with Crippen LogP contribution in [0.5, 0.6) is 0 Å². The zero-order chi connectivity index (χ0) is 17.8. The summed E-state index contributed by atoms with van der Waals surface area (Å²) in [6.07, 6.45) is 2.63. The van der Waals surface area contributed by atoms with Crippen LogP contribution in [0, 0.1) is 0 Å². The molecule has 0 radical (unpaired) electrons. The molecule has 1 unspecified atom stereocenters. The zero-order valence-electron chi connectivity index (χ0n) is 14.3. The number of hydrogen-bond donors (Lipinski definition) is 0. The quantitative estimate of drug-likeness (QED) is 0.574. The zero-order valence-corrected chi connectivity index (χ0v) is 16.7. The van der Waals surface area contributed by atoms with E-state index in [4.69, 9.17) is 4.74 Å². The van der Waals surface area contributed by atoms with Gasteiger partial charge < -0.3 is 9.64 Å². The summed E-state index contributed by atoms with van der Waals surface area (Å²) in [4.78, 5) is 21.9. The normalized spacial score (nSPS) is 16.8. The molecule has 0 aliphatic carbocycles. The van der Waals surface area contributed by atoms with E-state index in [2.05, 4.69) is 22.5 Å². The number of carbonyl (C=O) groups excluding carboxylic acids is 1. The molecule has 136 valence electrons. The Labute approximate surface area is 165 Å². The Hall–Kier alpha value is -1.54. The molecule has 7 heteroatoms. The maximum atomic E-state index is 13.0. The molecule has 0 N–H and O–H groups in total. The van der Waals surface area contributed by atoms with Crippen LogP contribution < -0.4 is 0 Å². The summed E-state index contributed by atoms with van der Waals surface area (Å²) in [6, 6.07) is 8.20. The van der Waals surface area contributed by atoms with Crippen molar-refractivity contribution < 1.29 is 9.53 Å². The van der Waals surface area contributed by atoms with Crippen LogP contribution in [0.4, 0.5) is 0 Å². The Bertz CT molecular complexity index is 821. The van der Waals surface area contributed by atoms with Gasteiger partial charge in [-0.15, -0.1) is 34.0 Å². The fourth-order valence-electron chi connectivity index (χ4n) is 3.05. The number of rotatable bonds is 7. The monoisotopic (exact) mass is 404 g/mol. The molecular formula is C19H20N2O2S3. The molecule has 1 aliphatic rings. The van der Waals surface area contributed by atoms with Gasteiger partial charge in [0, 0.05) is 23.4 Å². The number of aromatic nitrogens is 1. The molecule has 1 amide bonds. The van der Waals surface area contributed by atoms with Gasteiger partial charge in [-0.1, -0.05) is 12.1 Å². The molecule has 4 rings (SSSR count). The number of hydrogen-bond acceptors (Lipinski definition) is 6. The molecule has 26 heavy (non-hydrogen) atoms. The van der Waals surface area contributed by atoms with Gasteiger partial charge in [-0.3, -0.25) is 4.79 Å². The molecule has 1 fully saturated rings. The van der Waals surface area contributed by atoms with Crippen molar-refractivity contribution in [3.8, 4) is 9.88 Å². The fourth-order valence-corrected chi connectivity index (χ4v) is 5.40. The van der Waals surface area contributed by atoms with Gasteiger partial charge >= 0.3 is 0 Å². The van der Waals surface area contributed by atoms with Gasteiger partial charge in [0.05, 0.1) is 29.6 Å². The van der Waals surface area contributed by atoms with Gasteiger partial charge in [0.15, 0.2) is 0 Å². The maximum Gasteiger partial charge on any atom is 0.229 e. The first kappa shape index (κ1) is 17.9. The largest absolute Gasteiger partial charge is 0.376 e. The first-order valence-corrected chi connectivity index (χ1v) is 11.3. The average Bonchev–Trinajstić information content (AvgIpc) is 3.41. The first-order valence-electron chi connectivity index (χ1n) is 8.68. The lowest BCUT2D eigenvalue weighted by Gasteiger charge is -2.25. The molecule has 3 aromatic rings. The van der Waals surface area contributed by atoms with E-state index in [0.717, 1.165) is 35.0 Å². The SMILES string of the molecule is O=C(Cc1csc(-c2cccs2)n1)N(Cc1cccs1)CC1CCCO1. The molecule has 1 atom stereocenters. The van der Waals surface area contributed by atoms with Crippen molar-refractivity contribution in [1.29, 1.82) is 0 Å². The second-order valence-corrected chi connectivity index (χ2v) is 9.12. The Morgan fingerprint density at radius 1 is 1.23 bits per heavy atom. The molecule has 0 aromatic carbocycles. The van der Waals surface area contributed by atoms with Crippen molar-refractivity contribution in [1.82, 2.24) is 9.88 Å². The number of thiazole rings is 1. The van der Waals surface area contributed by atoms with Crippen molar-refractivity contribution in [3.63, 3.8) is 0 Å². The van der Waals surface area contributed by atoms with Crippen molar-refractivity contribution in [3.05, 3.63) is 51.0 Å². The van der Waals surface area contributed by atoms with E-state index in [-0.39, 0.29) is 12.0 Å². The van der Waals surface area contributed by atoms with Crippen molar-refractivity contribution in [2.75, 3.05) is 13.2 Å². The second kappa shape index (κ2) is 8.43. The highest BCUT2D eigenvalue weighted by molar-refractivity contribution is 7.20. The van der Waals surface area contributed by atoms with Gasteiger partial charge in [0.2, 0.25) is 5.91 Å². The predicted octanol–water partition coefficient (Wildman–Crippen LogP) is 4.68. The third-order valence-corrected chi connectivity index (χ3v) is 7.13. The number of amides is 1. The standard InChI is InChI=1S/C19H20N2O2S3/c22-18(10-14-13-26-19(20-14)17-6-3-9-25-17)21(11-15-4-1-7-23-15)12-16-5-2-8-24-16/h2-3,5-6,8-9,13,15H,1,4,7,10-12H2. The van der Waals surface area contributed by atoms with Crippen LogP contribution in [-0.4, -0.2) is 35.0 Å². The molecule has 4 nitrogen and oxygen atoms in total. The fraction of sp³-hybridized carbons (Fsp3) is 0.368. The summed E-state index contributed by atoms with van der Waals surface area (Å²) in [5.41, 5.74) is 0.854. The molecule has 0 spiro atoms. The third kappa shape index (κ3) is 4.40. The number of ether oxygens (including phenoxy) is 1. The maximum absolute atomic E-state index is 13.0. The molecule has 4 heterocycles. The summed E-state index contributed by atoms with van der Waals surface area (Å²) < 4.78 is 5.75. The summed E-state index contributed by atoms with van der Waals surface area (Å²) in [5.74, 6) is 0.122. The molecule has 1 aliphatic heterocycles. The lowest BCUT2D eigenvalue weighted by molar-refractivity contribution is -0.132. The second-order valence-electron chi connectivity index (χ2n) is 6.29. The number of thiophene rings is 2. The summed E-state index contributed by atoms with van der Waals surface area (Å²) in [7, 11) is 0. The van der Waals surface area contributed by atoms with Gasteiger partial charge in [-0.05, 0) is 35.7 Å². The smallest absolute Gasteiger partial charge is 0.229 e. The third-order valence-electron chi connectivity index (χ3n) is 4.34. The molecule has 1 saturated heterocycles. The minimum absolute atomic E-state index is 0.122. The van der Waals surface area contributed by atoms with Gasteiger partial charge in [-0.2, -0.15) is 0 Å². The van der Waals surface area contributed by atoms with Gasteiger partial charge in [0.25, 0.3) is 0 Å². The summed E-state index contributed by atoms with van der Waals surface area (Å²) in [5, 5.41) is 7.10. The molecule has 0 bridgehead atoms. The Morgan fingerprint density at radius 2 is 2.12 bits per heavy atom. The van der Waals surface area contributed by atoms with Crippen molar-refractivity contribution in [2.45, 2.75) is 31.9 Å². The van der Waals surface area contributed by atoms with Crippen LogP contribution >= 0.6 is 34.0 Å². The Balaban J connectivity index is 1.44. The minimum atomic E-state index is 0.122. The highest BCUT2D eigenvalue weighted by atomic mass is 32.1. The Kier molecular flexibility index (Phi) is 5.79. The number of carbonyl (C=O) groups is 1. The van der Waals surface area contributed by atoms with E-state index >= 15 is 0 Å². The van der Waals surface area contributed by atoms with Crippen LogP contribution in [0.25, 0.3) is 9.88 Å². The van der Waals surface area contributed by atoms with Crippen LogP contribution in [0.15, 0.2) is 40.4 Å². The van der Waals surface area contributed by atoms with Crippen LogP contribution in [0.1, 0.15) is 23.4 Å². The van der Waals surface area contributed by atoms with Gasteiger partial charge in [0.1, 0.15) is 5.01 Å². The summed E-state index contributed by atoms with van der Waals surface area (Å²) in [6.45, 7) is 2.12.